The van der Waals surface area contributed by atoms with Crippen LogP contribution in [0.1, 0.15) is 40.9 Å². The molecule has 8 nitrogen and oxygen atoms in total. The molecular formula is C26H29ClN2O6. The Morgan fingerprint density at radius 1 is 1.11 bits per heavy atom. The third kappa shape index (κ3) is 5.66. The minimum absolute atomic E-state index is 0.0362. The Hall–Kier alpha value is -3.36. The minimum Gasteiger partial charge on any atom is -0.507 e. The van der Waals surface area contributed by atoms with Gasteiger partial charge < -0.3 is 24.4 Å². The van der Waals surface area contributed by atoms with Crippen molar-refractivity contribution in [1.29, 1.82) is 0 Å². The van der Waals surface area contributed by atoms with Gasteiger partial charge in [-0.2, -0.15) is 0 Å². The Labute approximate surface area is 209 Å². The number of methoxy groups -OCH3 is 1. The smallest absolute Gasteiger partial charge is 0.337 e. The molecule has 1 amide bonds. The van der Waals surface area contributed by atoms with Crippen molar-refractivity contribution in [1.82, 2.24) is 9.80 Å². The Morgan fingerprint density at radius 2 is 1.77 bits per heavy atom. The van der Waals surface area contributed by atoms with Crippen LogP contribution in [-0.4, -0.2) is 73.5 Å². The van der Waals surface area contributed by atoms with Crippen LogP contribution in [0.5, 0.6) is 5.75 Å². The highest BCUT2D eigenvalue weighted by Gasteiger charge is 2.45. The van der Waals surface area contributed by atoms with Crippen molar-refractivity contribution in [2.75, 3.05) is 40.9 Å². The summed E-state index contributed by atoms with van der Waals surface area (Å²) in [6.07, 6.45) is 0.631. The van der Waals surface area contributed by atoms with Crippen molar-refractivity contribution in [3.63, 3.8) is 0 Å². The molecule has 35 heavy (non-hydrogen) atoms. The molecule has 186 valence electrons. The molecule has 1 atom stereocenters. The first kappa shape index (κ1) is 26.2. The van der Waals surface area contributed by atoms with Crippen LogP contribution in [-0.2, 0) is 14.3 Å². The second-order valence-corrected chi connectivity index (χ2v) is 8.75. The molecule has 0 radical (unpaired) electrons. The number of carbonyl (C=O) groups is 3. The monoisotopic (exact) mass is 500 g/mol. The summed E-state index contributed by atoms with van der Waals surface area (Å²) in [5.74, 6) is -1.85. The minimum atomic E-state index is -0.825. The molecule has 1 aliphatic heterocycles. The summed E-state index contributed by atoms with van der Waals surface area (Å²) in [5.41, 5.74) is 1.17. The number of likely N-dealkylation sites (tertiary alicyclic amines) is 1. The average Bonchev–Trinajstić information content (AvgIpc) is 3.09. The van der Waals surface area contributed by atoms with E-state index in [-0.39, 0.29) is 16.4 Å². The molecule has 1 aliphatic rings. The predicted molar refractivity (Wildman–Crippen MR) is 133 cm³/mol. The number of halogens is 1. The highest BCUT2D eigenvalue weighted by Crippen LogP contribution is 2.40. The number of Topliss-reactive ketones (excluding diaryl/α,β-unsaturated/α-hetero) is 1. The molecule has 0 unspecified atom stereocenters. The maximum atomic E-state index is 13.1. The first-order chi connectivity index (χ1) is 16.7. The summed E-state index contributed by atoms with van der Waals surface area (Å²) in [6, 6.07) is 10.3. The fourth-order valence-electron chi connectivity index (χ4n) is 4.01. The zero-order chi connectivity index (χ0) is 25.7. The van der Waals surface area contributed by atoms with Gasteiger partial charge in [0.25, 0.3) is 11.7 Å². The quantitative estimate of drug-likeness (QED) is 0.241. The van der Waals surface area contributed by atoms with Crippen molar-refractivity contribution in [3.8, 4) is 5.75 Å². The summed E-state index contributed by atoms with van der Waals surface area (Å²) in [5, 5.41) is 11.5. The van der Waals surface area contributed by atoms with E-state index in [9.17, 15) is 19.5 Å². The van der Waals surface area contributed by atoms with Crippen LogP contribution >= 0.6 is 11.6 Å². The molecular weight excluding hydrogens is 472 g/mol. The third-order valence-corrected chi connectivity index (χ3v) is 5.99. The molecule has 3 rings (SSSR count). The van der Waals surface area contributed by atoms with Crippen molar-refractivity contribution < 1.29 is 29.0 Å². The van der Waals surface area contributed by atoms with Crippen LogP contribution in [0.2, 0.25) is 5.02 Å². The molecule has 1 N–H and O–H groups in total. The van der Waals surface area contributed by atoms with Crippen molar-refractivity contribution in [2.45, 2.75) is 19.4 Å². The lowest BCUT2D eigenvalue weighted by Crippen LogP contribution is -2.32. The molecule has 1 fully saturated rings. The number of rotatable bonds is 9. The predicted octanol–water partition coefficient (Wildman–Crippen LogP) is 3.90. The van der Waals surface area contributed by atoms with Crippen molar-refractivity contribution in [2.24, 2.45) is 0 Å². The molecule has 0 aliphatic carbocycles. The van der Waals surface area contributed by atoms with E-state index < -0.39 is 23.7 Å². The van der Waals surface area contributed by atoms with E-state index in [1.165, 1.54) is 18.1 Å². The standard InChI is InChI=1S/C26H29ClN2O6/c1-5-35-20-12-11-18(15-19(20)27)23(30)21-22(16-7-9-17(10-8-16)26(33)34-4)29(25(32)24(21)31)14-6-13-28(2)3/h7-12,15,22,30H,5-6,13-14H2,1-4H3/b23-21+/t22-/m0/s1. The number of ketones is 1. The van der Waals surface area contributed by atoms with Crippen LogP contribution in [0.15, 0.2) is 48.0 Å². The van der Waals surface area contributed by atoms with Crippen LogP contribution in [0.4, 0.5) is 0 Å². The van der Waals surface area contributed by atoms with Crippen LogP contribution in [0, 0.1) is 0 Å². The van der Waals surface area contributed by atoms with E-state index in [1.54, 1.807) is 36.4 Å². The fraction of sp³-hybridized carbons (Fsp3) is 0.346. The van der Waals surface area contributed by atoms with Gasteiger partial charge in [0.1, 0.15) is 11.5 Å². The molecule has 1 saturated heterocycles. The Bertz CT molecular complexity index is 1140. The molecule has 0 aromatic heterocycles. The number of nitrogens with zero attached hydrogens (tertiary/aromatic N) is 2. The topological polar surface area (TPSA) is 96.4 Å². The van der Waals surface area contributed by atoms with Crippen LogP contribution in [0.25, 0.3) is 5.76 Å². The number of aliphatic hydroxyl groups is 1. The number of benzene rings is 2. The summed E-state index contributed by atoms with van der Waals surface area (Å²) >= 11 is 6.30. The Kier molecular flexibility index (Phi) is 8.53. The second kappa shape index (κ2) is 11.4. The zero-order valence-electron chi connectivity index (χ0n) is 20.2. The maximum absolute atomic E-state index is 13.1. The van der Waals surface area contributed by atoms with E-state index in [0.717, 1.165) is 0 Å². The number of carbonyl (C=O) groups excluding carboxylic acids is 3. The highest BCUT2D eigenvalue weighted by atomic mass is 35.5. The van der Waals surface area contributed by atoms with Gasteiger partial charge in [-0.1, -0.05) is 23.7 Å². The maximum Gasteiger partial charge on any atom is 0.337 e. The van der Waals surface area contributed by atoms with Gasteiger partial charge in [0, 0.05) is 12.1 Å². The van der Waals surface area contributed by atoms with Gasteiger partial charge in [-0.25, -0.2) is 4.79 Å². The molecule has 2 aromatic carbocycles. The van der Waals surface area contributed by atoms with E-state index in [2.05, 4.69) is 0 Å². The zero-order valence-corrected chi connectivity index (χ0v) is 21.0. The molecule has 0 saturated carbocycles. The summed E-state index contributed by atoms with van der Waals surface area (Å²) in [4.78, 5) is 41.5. The first-order valence-corrected chi connectivity index (χ1v) is 11.6. The molecule has 2 aromatic rings. The third-order valence-electron chi connectivity index (χ3n) is 5.70. The summed E-state index contributed by atoms with van der Waals surface area (Å²) in [6.45, 7) is 3.27. The molecule has 0 bridgehead atoms. The number of hydrogen-bond acceptors (Lipinski definition) is 7. The first-order valence-electron chi connectivity index (χ1n) is 11.2. The van der Waals surface area contributed by atoms with Crippen molar-refractivity contribution >= 4 is 35.0 Å². The van der Waals surface area contributed by atoms with Gasteiger partial charge in [-0.05, 0) is 69.9 Å². The SMILES string of the molecule is CCOc1ccc(/C(O)=C2\C(=O)C(=O)N(CCCN(C)C)[C@H]2c2ccc(C(=O)OC)cc2)cc1Cl. The Balaban J connectivity index is 2.09. The summed E-state index contributed by atoms with van der Waals surface area (Å²) in [7, 11) is 5.14. The molecule has 1 heterocycles. The van der Waals surface area contributed by atoms with Gasteiger partial charge in [0.05, 0.1) is 35.9 Å². The van der Waals surface area contributed by atoms with Gasteiger partial charge in [0.15, 0.2) is 0 Å². The normalized spacial score (nSPS) is 17.2. The highest BCUT2D eigenvalue weighted by molar-refractivity contribution is 6.46. The van der Waals surface area contributed by atoms with Gasteiger partial charge in [-0.3, -0.25) is 9.59 Å². The van der Waals surface area contributed by atoms with E-state index in [4.69, 9.17) is 21.1 Å². The van der Waals surface area contributed by atoms with Crippen LogP contribution in [0.3, 0.4) is 0 Å². The van der Waals surface area contributed by atoms with Crippen LogP contribution < -0.4 is 4.74 Å². The summed E-state index contributed by atoms with van der Waals surface area (Å²) < 4.78 is 10.2. The number of hydrogen-bond donors (Lipinski definition) is 1. The molecule has 9 heteroatoms. The van der Waals surface area contributed by atoms with E-state index in [1.807, 2.05) is 25.9 Å². The number of esters is 1. The van der Waals surface area contributed by atoms with Crippen molar-refractivity contribution in [3.05, 3.63) is 69.8 Å². The van der Waals surface area contributed by atoms with Gasteiger partial charge >= 0.3 is 5.97 Å². The average molecular weight is 501 g/mol. The number of amides is 1. The fourth-order valence-corrected chi connectivity index (χ4v) is 4.25. The lowest BCUT2D eigenvalue weighted by Gasteiger charge is -2.26. The van der Waals surface area contributed by atoms with Gasteiger partial charge in [-0.15, -0.1) is 0 Å². The lowest BCUT2D eigenvalue weighted by molar-refractivity contribution is -0.139. The lowest BCUT2D eigenvalue weighted by atomic mass is 9.94. The number of aliphatic hydroxyl groups excluding tert-OH is 1. The number of ether oxygens (including phenoxy) is 2. The Morgan fingerprint density at radius 3 is 2.34 bits per heavy atom. The largest absolute Gasteiger partial charge is 0.507 e. The van der Waals surface area contributed by atoms with E-state index in [0.29, 0.717) is 48.6 Å². The second-order valence-electron chi connectivity index (χ2n) is 8.34. The van der Waals surface area contributed by atoms with E-state index >= 15 is 0 Å². The van der Waals surface area contributed by atoms with Gasteiger partial charge in [0.2, 0.25) is 0 Å². The molecule has 0 spiro atoms.